The number of thiazole rings is 1. The highest BCUT2D eigenvalue weighted by molar-refractivity contribution is 7.99. The standard InChI is InChI=1S/C21H22N2OS2/c1-4-25-18-11-9-17(10-12-18)20(24)23-21-22-19(13-26-21)16-7-5-15(6-8-16)14(2)3/h5-14H,4H2,1-3H3,(H,22,23,24). The minimum Gasteiger partial charge on any atom is -0.298 e. The molecule has 0 radical (unpaired) electrons. The summed E-state index contributed by atoms with van der Waals surface area (Å²) in [5.74, 6) is 1.40. The van der Waals surface area contributed by atoms with Crippen molar-refractivity contribution in [2.75, 3.05) is 11.1 Å². The van der Waals surface area contributed by atoms with E-state index in [1.165, 1.54) is 21.8 Å². The number of nitrogens with zero attached hydrogens (tertiary/aromatic N) is 1. The molecule has 3 nitrogen and oxygen atoms in total. The lowest BCUT2D eigenvalue weighted by Gasteiger charge is -2.05. The van der Waals surface area contributed by atoms with E-state index in [1.54, 1.807) is 11.8 Å². The number of rotatable bonds is 6. The molecule has 3 aromatic rings. The van der Waals surface area contributed by atoms with E-state index in [0.717, 1.165) is 17.0 Å². The third-order valence-electron chi connectivity index (χ3n) is 4.03. The Hall–Kier alpha value is -2.11. The van der Waals surface area contributed by atoms with Crippen LogP contribution >= 0.6 is 23.1 Å². The van der Waals surface area contributed by atoms with Crippen molar-refractivity contribution in [1.82, 2.24) is 4.98 Å². The number of nitrogens with one attached hydrogen (secondary N) is 1. The number of anilines is 1. The third kappa shape index (κ3) is 4.54. The van der Waals surface area contributed by atoms with E-state index in [-0.39, 0.29) is 5.91 Å². The van der Waals surface area contributed by atoms with Crippen LogP contribution in [0.25, 0.3) is 11.3 Å². The van der Waals surface area contributed by atoms with Crippen molar-refractivity contribution in [3.63, 3.8) is 0 Å². The maximum atomic E-state index is 12.4. The Morgan fingerprint density at radius 3 is 2.42 bits per heavy atom. The molecule has 1 amide bonds. The molecule has 2 aromatic carbocycles. The lowest BCUT2D eigenvalue weighted by molar-refractivity contribution is 0.102. The first-order valence-corrected chi connectivity index (χ1v) is 10.5. The molecule has 1 heterocycles. The number of aromatic nitrogens is 1. The second-order valence-corrected chi connectivity index (χ2v) is 8.42. The first kappa shape index (κ1) is 18.7. The molecule has 3 rings (SSSR count). The maximum absolute atomic E-state index is 12.4. The zero-order valence-corrected chi connectivity index (χ0v) is 16.8. The Kier molecular flexibility index (Phi) is 6.12. The van der Waals surface area contributed by atoms with Gasteiger partial charge in [0.2, 0.25) is 0 Å². The fraction of sp³-hybridized carbons (Fsp3) is 0.238. The van der Waals surface area contributed by atoms with Crippen LogP contribution in [0.4, 0.5) is 5.13 Å². The van der Waals surface area contributed by atoms with Crippen molar-refractivity contribution in [3.8, 4) is 11.3 Å². The second-order valence-electron chi connectivity index (χ2n) is 6.23. The predicted molar refractivity (Wildman–Crippen MR) is 112 cm³/mol. The molecule has 0 saturated carbocycles. The van der Waals surface area contributed by atoms with Gasteiger partial charge in [0.05, 0.1) is 5.69 Å². The minimum absolute atomic E-state index is 0.130. The fourth-order valence-corrected chi connectivity index (χ4v) is 3.92. The average Bonchev–Trinajstić information content (AvgIpc) is 3.11. The monoisotopic (exact) mass is 382 g/mol. The first-order valence-electron chi connectivity index (χ1n) is 8.67. The molecular formula is C21H22N2OS2. The summed E-state index contributed by atoms with van der Waals surface area (Å²) in [4.78, 5) is 18.1. The fourth-order valence-electron chi connectivity index (χ4n) is 2.54. The van der Waals surface area contributed by atoms with Crippen molar-refractivity contribution in [1.29, 1.82) is 0 Å². The van der Waals surface area contributed by atoms with Crippen molar-refractivity contribution >= 4 is 34.1 Å². The Labute approximate surface area is 162 Å². The Morgan fingerprint density at radius 2 is 1.81 bits per heavy atom. The van der Waals surface area contributed by atoms with Crippen LogP contribution in [-0.2, 0) is 0 Å². The topological polar surface area (TPSA) is 42.0 Å². The molecule has 0 bridgehead atoms. The van der Waals surface area contributed by atoms with Crippen LogP contribution in [-0.4, -0.2) is 16.6 Å². The van der Waals surface area contributed by atoms with Gasteiger partial charge >= 0.3 is 0 Å². The SMILES string of the molecule is CCSc1ccc(C(=O)Nc2nc(-c3ccc(C(C)C)cc3)cs2)cc1. The number of thioether (sulfide) groups is 1. The van der Waals surface area contributed by atoms with Crippen molar-refractivity contribution in [2.24, 2.45) is 0 Å². The second kappa shape index (κ2) is 8.52. The summed E-state index contributed by atoms with van der Waals surface area (Å²) in [6, 6.07) is 16.1. The number of hydrogen-bond donors (Lipinski definition) is 1. The minimum atomic E-state index is -0.130. The molecule has 0 saturated heterocycles. The highest BCUT2D eigenvalue weighted by atomic mass is 32.2. The van der Waals surface area contributed by atoms with Gasteiger partial charge in [0.1, 0.15) is 0 Å². The normalized spacial score (nSPS) is 10.9. The molecule has 0 unspecified atom stereocenters. The van der Waals surface area contributed by atoms with Crippen LogP contribution < -0.4 is 5.32 Å². The van der Waals surface area contributed by atoms with E-state index in [0.29, 0.717) is 16.6 Å². The van der Waals surface area contributed by atoms with Crippen LogP contribution in [0.3, 0.4) is 0 Å². The lowest BCUT2D eigenvalue weighted by Crippen LogP contribution is -2.11. The van der Waals surface area contributed by atoms with E-state index in [1.807, 2.05) is 29.6 Å². The number of benzene rings is 2. The average molecular weight is 383 g/mol. The molecule has 1 aromatic heterocycles. The number of hydrogen-bond acceptors (Lipinski definition) is 4. The molecule has 0 fully saturated rings. The molecule has 0 aliphatic carbocycles. The van der Waals surface area contributed by atoms with Gasteiger partial charge in [-0.25, -0.2) is 4.98 Å². The predicted octanol–water partition coefficient (Wildman–Crippen LogP) is 6.30. The molecule has 26 heavy (non-hydrogen) atoms. The maximum Gasteiger partial charge on any atom is 0.257 e. The summed E-state index contributed by atoms with van der Waals surface area (Å²) in [6.07, 6.45) is 0. The largest absolute Gasteiger partial charge is 0.298 e. The van der Waals surface area contributed by atoms with E-state index in [9.17, 15) is 4.79 Å². The van der Waals surface area contributed by atoms with Crippen LogP contribution in [0.15, 0.2) is 58.8 Å². The van der Waals surface area contributed by atoms with E-state index in [2.05, 4.69) is 55.3 Å². The van der Waals surface area contributed by atoms with Gasteiger partial charge in [-0.05, 0) is 41.5 Å². The van der Waals surface area contributed by atoms with Gasteiger partial charge in [0.25, 0.3) is 5.91 Å². The van der Waals surface area contributed by atoms with E-state index in [4.69, 9.17) is 0 Å². The summed E-state index contributed by atoms with van der Waals surface area (Å²) < 4.78 is 0. The van der Waals surface area contributed by atoms with Crippen molar-refractivity contribution in [3.05, 3.63) is 65.0 Å². The molecule has 0 atom stereocenters. The Balaban J connectivity index is 1.68. The van der Waals surface area contributed by atoms with Crippen molar-refractivity contribution < 1.29 is 4.79 Å². The summed E-state index contributed by atoms with van der Waals surface area (Å²) in [6.45, 7) is 6.47. The van der Waals surface area contributed by atoms with E-state index < -0.39 is 0 Å². The van der Waals surface area contributed by atoms with Crippen LogP contribution in [0.5, 0.6) is 0 Å². The highest BCUT2D eigenvalue weighted by Gasteiger charge is 2.10. The van der Waals surface area contributed by atoms with Gasteiger partial charge in [-0.1, -0.05) is 45.0 Å². The molecule has 1 N–H and O–H groups in total. The van der Waals surface area contributed by atoms with Gasteiger partial charge < -0.3 is 0 Å². The van der Waals surface area contributed by atoms with Gasteiger partial charge in [-0.2, -0.15) is 0 Å². The zero-order chi connectivity index (χ0) is 18.5. The summed E-state index contributed by atoms with van der Waals surface area (Å²) in [5.41, 5.74) is 3.90. The number of amides is 1. The van der Waals surface area contributed by atoms with Crippen molar-refractivity contribution in [2.45, 2.75) is 31.6 Å². The van der Waals surface area contributed by atoms with Gasteiger partial charge in [0, 0.05) is 21.4 Å². The summed E-state index contributed by atoms with van der Waals surface area (Å²) >= 11 is 3.20. The highest BCUT2D eigenvalue weighted by Crippen LogP contribution is 2.27. The summed E-state index contributed by atoms with van der Waals surface area (Å²) in [7, 11) is 0. The third-order valence-corrected chi connectivity index (χ3v) is 5.68. The Morgan fingerprint density at radius 1 is 1.12 bits per heavy atom. The first-order chi connectivity index (χ1) is 12.6. The zero-order valence-electron chi connectivity index (χ0n) is 15.2. The lowest BCUT2D eigenvalue weighted by atomic mass is 10.0. The molecule has 5 heteroatoms. The van der Waals surface area contributed by atoms with E-state index >= 15 is 0 Å². The number of carbonyl (C=O) groups excluding carboxylic acids is 1. The smallest absolute Gasteiger partial charge is 0.257 e. The Bertz CT molecular complexity index is 868. The molecule has 0 aliphatic heterocycles. The molecule has 0 spiro atoms. The molecule has 134 valence electrons. The molecular weight excluding hydrogens is 360 g/mol. The van der Waals surface area contributed by atoms with Crippen LogP contribution in [0, 0.1) is 0 Å². The number of carbonyl (C=O) groups is 1. The quantitative estimate of drug-likeness (QED) is 0.509. The van der Waals surface area contributed by atoms with Gasteiger partial charge in [0.15, 0.2) is 5.13 Å². The van der Waals surface area contributed by atoms with Crippen LogP contribution in [0.2, 0.25) is 0 Å². The summed E-state index contributed by atoms with van der Waals surface area (Å²) in [5, 5.41) is 5.48. The molecule has 0 aliphatic rings. The van der Waals surface area contributed by atoms with Gasteiger partial charge in [-0.15, -0.1) is 23.1 Å². The van der Waals surface area contributed by atoms with Crippen LogP contribution in [0.1, 0.15) is 42.6 Å². The van der Waals surface area contributed by atoms with Gasteiger partial charge in [-0.3, -0.25) is 10.1 Å².